The van der Waals surface area contributed by atoms with Crippen LogP contribution in [-0.4, -0.2) is 0 Å². The van der Waals surface area contributed by atoms with Crippen LogP contribution < -0.4 is 0 Å². The third-order valence-electron chi connectivity index (χ3n) is 3.24. The molecule has 2 aromatic carbocycles. The number of hydrogen-bond donors (Lipinski definition) is 0. The van der Waals surface area contributed by atoms with Crippen LogP contribution in [0, 0.1) is 26.6 Å². The highest BCUT2D eigenvalue weighted by molar-refractivity contribution is 9.10. The zero-order valence-electron chi connectivity index (χ0n) is 11.1. The van der Waals surface area contributed by atoms with Gasteiger partial charge in [0, 0.05) is 4.47 Å². The molecular weight excluding hydrogens is 327 g/mol. The molecule has 2 rings (SSSR count). The zero-order valence-corrected chi connectivity index (χ0v) is 13.4. The smallest absolute Gasteiger partial charge is 0.123 e. The predicted molar refractivity (Wildman–Crippen MR) is 82.4 cm³/mol. The van der Waals surface area contributed by atoms with Crippen molar-refractivity contribution in [3.05, 3.63) is 68.4 Å². The van der Waals surface area contributed by atoms with Crippen molar-refractivity contribution in [2.45, 2.75) is 26.1 Å². The molecule has 0 aliphatic carbocycles. The Kier molecular flexibility index (Phi) is 4.32. The molecule has 0 spiro atoms. The number of alkyl halides is 1. The fraction of sp³-hybridized carbons (Fsp3) is 0.250. The van der Waals surface area contributed by atoms with Crippen LogP contribution in [0.4, 0.5) is 4.39 Å². The summed E-state index contributed by atoms with van der Waals surface area (Å²) in [6.45, 7) is 5.82. The lowest BCUT2D eigenvalue weighted by Crippen LogP contribution is -2.02. The second-order valence-corrected chi connectivity index (χ2v) is 6.13. The van der Waals surface area contributed by atoms with Gasteiger partial charge in [0.15, 0.2) is 0 Å². The molecule has 1 unspecified atom stereocenters. The van der Waals surface area contributed by atoms with Gasteiger partial charge in [-0.1, -0.05) is 33.6 Å². The lowest BCUT2D eigenvalue weighted by Gasteiger charge is -2.18. The average molecular weight is 342 g/mol. The van der Waals surface area contributed by atoms with Crippen LogP contribution in [0.5, 0.6) is 0 Å². The second-order valence-electron chi connectivity index (χ2n) is 4.84. The first-order valence-electron chi connectivity index (χ1n) is 6.07. The molecule has 0 bridgehead atoms. The molecule has 0 fully saturated rings. The number of rotatable bonds is 2. The topological polar surface area (TPSA) is 0 Å². The molecule has 2 aromatic rings. The fourth-order valence-corrected chi connectivity index (χ4v) is 3.47. The summed E-state index contributed by atoms with van der Waals surface area (Å²) in [6.07, 6.45) is 0. The van der Waals surface area contributed by atoms with E-state index in [0.717, 1.165) is 32.3 Å². The molecule has 0 saturated heterocycles. The first kappa shape index (κ1) is 14.5. The second kappa shape index (κ2) is 5.64. The van der Waals surface area contributed by atoms with Gasteiger partial charge in [-0.05, 0) is 61.2 Å². The number of halogens is 3. The Bertz CT molecular complexity index is 599. The molecule has 0 N–H and O–H groups in total. The minimum Gasteiger partial charge on any atom is -0.207 e. The summed E-state index contributed by atoms with van der Waals surface area (Å²) < 4.78 is 14.3. The largest absolute Gasteiger partial charge is 0.207 e. The van der Waals surface area contributed by atoms with Gasteiger partial charge in [0.2, 0.25) is 0 Å². The number of hydrogen-bond acceptors (Lipinski definition) is 0. The van der Waals surface area contributed by atoms with E-state index in [2.05, 4.69) is 22.0 Å². The summed E-state index contributed by atoms with van der Waals surface area (Å²) in [5, 5.41) is -0.283. The molecule has 100 valence electrons. The third kappa shape index (κ3) is 3.01. The Labute approximate surface area is 126 Å². The number of aryl methyl sites for hydroxylation is 3. The van der Waals surface area contributed by atoms with Crippen molar-refractivity contribution in [1.82, 2.24) is 0 Å². The van der Waals surface area contributed by atoms with Gasteiger partial charge in [0.25, 0.3) is 0 Å². The summed E-state index contributed by atoms with van der Waals surface area (Å²) in [5.74, 6) is -0.217. The maximum Gasteiger partial charge on any atom is 0.123 e. The normalized spacial score (nSPS) is 12.5. The molecule has 0 nitrogen and oxygen atoms in total. The van der Waals surface area contributed by atoms with E-state index in [0.29, 0.717) is 0 Å². The van der Waals surface area contributed by atoms with Gasteiger partial charge in [-0.3, -0.25) is 0 Å². The van der Waals surface area contributed by atoms with E-state index < -0.39 is 0 Å². The molecule has 19 heavy (non-hydrogen) atoms. The third-order valence-corrected chi connectivity index (χ3v) is 4.41. The first-order chi connectivity index (χ1) is 8.90. The molecule has 0 amide bonds. The van der Waals surface area contributed by atoms with Crippen LogP contribution in [0.2, 0.25) is 0 Å². The van der Waals surface area contributed by atoms with Crippen LogP contribution in [-0.2, 0) is 0 Å². The van der Waals surface area contributed by atoms with E-state index in [4.69, 9.17) is 11.6 Å². The lowest BCUT2D eigenvalue weighted by atomic mass is 9.95. The lowest BCUT2D eigenvalue weighted by molar-refractivity contribution is 0.624. The summed E-state index contributed by atoms with van der Waals surface area (Å²) in [6, 6.07) is 9.14. The van der Waals surface area contributed by atoms with Gasteiger partial charge in [-0.2, -0.15) is 0 Å². The maximum atomic E-state index is 13.4. The Morgan fingerprint density at radius 1 is 1.05 bits per heavy atom. The first-order valence-corrected chi connectivity index (χ1v) is 7.30. The summed E-state index contributed by atoms with van der Waals surface area (Å²) in [7, 11) is 0. The molecule has 0 aromatic heterocycles. The van der Waals surface area contributed by atoms with Crippen molar-refractivity contribution >= 4 is 27.5 Å². The molecule has 0 saturated carbocycles. The molecular formula is C16H15BrClF. The van der Waals surface area contributed by atoms with Crippen LogP contribution in [0.15, 0.2) is 34.8 Å². The summed E-state index contributed by atoms with van der Waals surface area (Å²) in [4.78, 5) is 0. The van der Waals surface area contributed by atoms with Crippen molar-refractivity contribution in [3.8, 4) is 0 Å². The molecule has 0 aliphatic rings. The molecule has 0 radical (unpaired) electrons. The van der Waals surface area contributed by atoms with Crippen LogP contribution in [0.3, 0.4) is 0 Å². The summed E-state index contributed by atoms with van der Waals surface area (Å²) >= 11 is 10.2. The van der Waals surface area contributed by atoms with Gasteiger partial charge >= 0.3 is 0 Å². The Morgan fingerprint density at radius 3 is 2.21 bits per heavy atom. The van der Waals surface area contributed by atoms with Gasteiger partial charge in [-0.15, -0.1) is 11.6 Å². The van der Waals surface area contributed by atoms with E-state index in [1.807, 2.05) is 32.9 Å². The minimum absolute atomic E-state index is 0.217. The highest BCUT2D eigenvalue weighted by atomic mass is 79.9. The van der Waals surface area contributed by atoms with Gasteiger partial charge in [0.1, 0.15) is 5.82 Å². The van der Waals surface area contributed by atoms with Gasteiger partial charge in [0.05, 0.1) is 5.38 Å². The van der Waals surface area contributed by atoms with Crippen LogP contribution >= 0.6 is 27.5 Å². The Hall–Kier alpha value is -0.860. The standard InChI is InChI=1S/C16H15BrClF/c1-9-4-5-14(17)13(6-9)16(18)15-10(2)7-12(19)8-11(15)3/h4-8,16H,1-3H3. The van der Waals surface area contributed by atoms with Crippen molar-refractivity contribution in [2.75, 3.05) is 0 Å². The summed E-state index contributed by atoms with van der Waals surface area (Å²) in [5.41, 5.74) is 4.91. The molecule has 1 atom stereocenters. The SMILES string of the molecule is Cc1ccc(Br)c(C(Cl)c2c(C)cc(F)cc2C)c1. The van der Waals surface area contributed by atoms with Crippen molar-refractivity contribution < 1.29 is 4.39 Å². The van der Waals surface area contributed by atoms with Crippen molar-refractivity contribution in [2.24, 2.45) is 0 Å². The average Bonchev–Trinajstić information content (AvgIpc) is 2.30. The maximum absolute atomic E-state index is 13.4. The highest BCUT2D eigenvalue weighted by Gasteiger charge is 2.19. The molecule has 0 heterocycles. The van der Waals surface area contributed by atoms with E-state index in [-0.39, 0.29) is 11.2 Å². The number of benzene rings is 2. The van der Waals surface area contributed by atoms with Crippen molar-refractivity contribution in [3.63, 3.8) is 0 Å². The van der Waals surface area contributed by atoms with Crippen LogP contribution in [0.1, 0.15) is 33.2 Å². The van der Waals surface area contributed by atoms with Crippen LogP contribution in [0.25, 0.3) is 0 Å². The highest BCUT2D eigenvalue weighted by Crippen LogP contribution is 2.37. The van der Waals surface area contributed by atoms with Gasteiger partial charge in [-0.25, -0.2) is 4.39 Å². The van der Waals surface area contributed by atoms with Gasteiger partial charge < -0.3 is 0 Å². The Morgan fingerprint density at radius 2 is 1.63 bits per heavy atom. The van der Waals surface area contributed by atoms with E-state index in [1.165, 1.54) is 12.1 Å². The fourth-order valence-electron chi connectivity index (χ4n) is 2.33. The molecule has 3 heteroatoms. The molecule has 0 aliphatic heterocycles. The van der Waals surface area contributed by atoms with Crippen molar-refractivity contribution in [1.29, 1.82) is 0 Å². The predicted octanol–water partition coefficient (Wildman–Crippen LogP) is 5.84. The minimum atomic E-state index is -0.283. The van der Waals surface area contributed by atoms with E-state index in [9.17, 15) is 4.39 Å². The quantitative estimate of drug-likeness (QED) is 0.602. The van der Waals surface area contributed by atoms with E-state index >= 15 is 0 Å². The van der Waals surface area contributed by atoms with E-state index in [1.54, 1.807) is 0 Å². The zero-order chi connectivity index (χ0) is 14.2. The monoisotopic (exact) mass is 340 g/mol. The Balaban J connectivity index is 2.56.